The zero-order valence-electron chi connectivity index (χ0n) is 13.7. The number of unbranched alkanes of at least 4 members (excludes halogenated alkanes) is 2. The largest absolute Gasteiger partial charge is 0.336 e. The third-order valence-corrected chi connectivity index (χ3v) is 5.50. The maximum Gasteiger partial charge on any atom is 0.0946 e. The highest BCUT2D eigenvalue weighted by Gasteiger charge is 2.13. The second kappa shape index (κ2) is 8.21. The van der Waals surface area contributed by atoms with Gasteiger partial charge in [-0.25, -0.2) is 4.98 Å². The Labute approximate surface area is 142 Å². The Hall–Kier alpha value is -1.74. The van der Waals surface area contributed by atoms with Crippen molar-refractivity contribution in [3.05, 3.63) is 66.7 Å². The lowest BCUT2D eigenvalue weighted by Gasteiger charge is -2.18. The molecule has 0 radical (unpaired) electrons. The van der Waals surface area contributed by atoms with E-state index in [9.17, 15) is 0 Å². The van der Waals surface area contributed by atoms with Gasteiger partial charge in [-0.2, -0.15) is 11.8 Å². The molecule has 0 aliphatic carbocycles. The molecule has 1 atom stereocenters. The fourth-order valence-corrected chi connectivity index (χ4v) is 4.10. The van der Waals surface area contributed by atoms with E-state index in [2.05, 4.69) is 76.9 Å². The van der Waals surface area contributed by atoms with E-state index in [1.165, 1.54) is 41.4 Å². The van der Waals surface area contributed by atoms with Gasteiger partial charge in [0.2, 0.25) is 0 Å². The van der Waals surface area contributed by atoms with Crippen LogP contribution in [0.3, 0.4) is 0 Å². The Kier molecular flexibility index (Phi) is 5.76. The maximum atomic E-state index is 4.18. The summed E-state index contributed by atoms with van der Waals surface area (Å²) in [6.45, 7) is 3.24. The zero-order chi connectivity index (χ0) is 15.9. The van der Waals surface area contributed by atoms with Gasteiger partial charge in [0, 0.05) is 24.2 Å². The smallest absolute Gasteiger partial charge is 0.0946 e. The number of thioether (sulfide) groups is 1. The van der Waals surface area contributed by atoms with Gasteiger partial charge in [-0.3, -0.25) is 0 Å². The zero-order valence-corrected chi connectivity index (χ0v) is 14.5. The van der Waals surface area contributed by atoms with Gasteiger partial charge in [-0.05, 0) is 34.6 Å². The molecule has 1 unspecified atom stereocenters. The lowest BCUT2D eigenvalue weighted by molar-refractivity contribution is 0.681. The van der Waals surface area contributed by atoms with Crippen LogP contribution in [0.25, 0.3) is 10.8 Å². The van der Waals surface area contributed by atoms with Gasteiger partial charge in [-0.1, -0.05) is 56.2 Å². The van der Waals surface area contributed by atoms with Gasteiger partial charge in [0.1, 0.15) is 0 Å². The SMILES string of the molecule is CCCCCSC(Cn1ccnc1)c1ccc2ccccc2c1. The van der Waals surface area contributed by atoms with Gasteiger partial charge in [0.25, 0.3) is 0 Å². The van der Waals surface area contributed by atoms with E-state index in [0.717, 1.165) is 6.54 Å². The molecule has 0 fully saturated rings. The monoisotopic (exact) mass is 324 g/mol. The average Bonchev–Trinajstić information content (AvgIpc) is 3.10. The van der Waals surface area contributed by atoms with Crippen molar-refractivity contribution >= 4 is 22.5 Å². The normalized spacial score (nSPS) is 12.6. The molecule has 0 N–H and O–H groups in total. The maximum absolute atomic E-state index is 4.18. The Morgan fingerprint density at radius 3 is 2.74 bits per heavy atom. The molecule has 23 heavy (non-hydrogen) atoms. The number of hydrogen-bond donors (Lipinski definition) is 0. The molecule has 0 aliphatic heterocycles. The molecule has 0 saturated heterocycles. The molecule has 3 rings (SSSR count). The van der Waals surface area contributed by atoms with E-state index in [4.69, 9.17) is 0 Å². The number of rotatable bonds is 8. The molecule has 2 nitrogen and oxygen atoms in total. The topological polar surface area (TPSA) is 17.8 Å². The number of hydrogen-bond acceptors (Lipinski definition) is 2. The fourth-order valence-electron chi connectivity index (χ4n) is 2.83. The second-order valence-electron chi connectivity index (χ2n) is 5.93. The molecule has 0 spiro atoms. The van der Waals surface area contributed by atoms with Crippen molar-refractivity contribution in [1.29, 1.82) is 0 Å². The van der Waals surface area contributed by atoms with Gasteiger partial charge in [0.15, 0.2) is 0 Å². The van der Waals surface area contributed by atoms with Crippen molar-refractivity contribution in [2.45, 2.75) is 38.0 Å². The van der Waals surface area contributed by atoms with E-state index >= 15 is 0 Å². The lowest BCUT2D eigenvalue weighted by Crippen LogP contribution is -2.06. The molecule has 3 aromatic rings. The number of imidazole rings is 1. The Balaban J connectivity index is 1.79. The minimum absolute atomic E-state index is 0.477. The standard InChI is InChI=1S/C20H24N2S/c1-2-3-6-13-23-20(15-22-12-11-21-16-22)19-10-9-17-7-4-5-8-18(17)14-19/h4-5,7-12,14,16,20H,2-3,6,13,15H2,1H3. The number of fused-ring (bicyclic) bond motifs is 1. The summed E-state index contributed by atoms with van der Waals surface area (Å²) in [5.41, 5.74) is 1.42. The molecule has 1 heterocycles. The first-order chi connectivity index (χ1) is 11.4. The molecule has 1 aromatic heterocycles. The van der Waals surface area contributed by atoms with Crippen LogP contribution in [0, 0.1) is 0 Å². The molecular formula is C20H24N2S. The first-order valence-electron chi connectivity index (χ1n) is 8.43. The summed E-state index contributed by atoms with van der Waals surface area (Å²) in [5, 5.41) is 3.12. The summed E-state index contributed by atoms with van der Waals surface area (Å²) < 4.78 is 2.19. The molecule has 120 valence electrons. The molecule has 0 aliphatic rings. The molecule has 2 aromatic carbocycles. The third-order valence-electron chi connectivity index (χ3n) is 4.15. The minimum atomic E-state index is 0.477. The number of aromatic nitrogens is 2. The molecule has 3 heteroatoms. The van der Waals surface area contributed by atoms with Gasteiger partial charge < -0.3 is 4.57 Å². The average molecular weight is 324 g/mol. The van der Waals surface area contributed by atoms with E-state index < -0.39 is 0 Å². The Morgan fingerprint density at radius 2 is 1.96 bits per heavy atom. The summed E-state index contributed by atoms with van der Waals surface area (Å²) in [6, 6.07) is 15.5. The van der Waals surface area contributed by atoms with Crippen LogP contribution in [-0.2, 0) is 6.54 Å². The number of nitrogens with zero attached hydrogens (tertiary/aromatic N) is 2. The van der Waals surface area contributed by atoms with Crippen molar-refractivity contribution < 1.29 is 0 Å². The van der Waals surface area contributed by atoms with E-state index in [-0.39, 0.29) is 0 Å². The highest BCUT2D eigenvalue weighted by molar-refractivity contribution is 7.99. The first kappa shape index (κ1) is 16.1. The molecule has 0 bridgehead atoms. The summed E-state index contributed by atoms with van der Waals surface area (Å²) in [4.78, 5) is 4.18. The molecular weight excluding hydrogens is 300 g/mol. The highest BCUT2D eigenvalue weighted by atomic mass is 32.2. The van der Waals surface area contributed by atoms with Crippen molar-refractivity contribution in [1.82, 2.24) is 9.55 Å². The van der Waals surface area contributed by atoms with E-state index in [1.54, 1.807) is 0 Å². The van der Waals surface area contributed by atoms with Crippen molar-refractivity contribution in [3.8, 4) is 0 Å². The van der Waals surface area contributed by atoms with E-state index in [0.29, 0.717) is 5.25 Å². The lowest BCUT2D eigenvalue weighted by atomic mass is 10.0. The first-order valence-corrected chi connectivity index (χ1v) is 9.47. The summed E-state index contributed by atoms with van der Waals surface area (Å²) in [5.74, 6) is 1.22. The number of benzene rings is 2. The van der Waals surface area contributed by atoms with Crippen molar-refractivity contribution in [2.24, 2.45) is 0 Å². The Bertz CT molecular complexity index is 721. The van der Waals surface area contributed by atoms with Crippen LogP contribution in [0.1, 0.15) is 37.0 Å². The van der Waals surface area contributed by atoms with Gasteiger partial charge >= 0.3 is 0 Å². The quantitative estimate of drug-likeness (QED) is 0.495. The van der Waals surface area contributed by atoms with Crippen molar-refractivity contribution in [2.75, 3.05) is 5.75 Å². The van der Waals surface area contributed by atoms with Gasteiger partial charge in [-0.15, -0.1) is 0 Å². The third kappa shape index (κ3) is 4.38. The molecule has 0 amide bonds. The minimum Gasteiger partial charge on any atom is -0.336 e. The molecule has 0 saturated carbocycles. The van der Waals surface area contributed by atoms with Crippen LogP contribution < -0.4 is 0 Å². The highest BCUT2D eigenvalue weighted by Crippen LogP contribution is 2.33. The summed E-state index contributed by atoms with van der Waals surface area (Å²) in [6.07, 6.45) is 9.74. The fraction of sp³-hybridized carbons (Fsp3) is 0.350. The Morgan fingerprint density at radius 1 is 1.09 bits per heavy atom. The predicted octanol–water partition coefficient (Wildman–Crippen LogP) is 5.70. The van der Waals surface area contributed by atoms with Gasteiger partial charge in [0.05, 0.1) is 6.33 Å². The second-order valence-corrected chi connectivity index (χ2v) is 7.24. The van der Waals surface area contributed by atoms with Crippen LogP contribution in [0.4, 0.5) is 0 Å². The van der Waals surface area contributed by atoms with Crippen LogP contribution in [0.15, 0.2) is 61.2 Å². The van der Waals surface area contributed by atoms with Crippen LogP contribution in [-0.4, -0.2) is 15.3 Å². The predicted molar refractivity (Wildman–Crippen MR) is 101 cm³/mol. The van der Waals surface area contributed by atoms with E-state index in [1.807, 2.05) is 12.5 Å². The van der Waals surface area contributed by atoms with Crippen LogP contribution >= 0.6 is 11.8 Å². The summed E-state index contributed by atoms with van der Waals surface area (Å²) in [7, 11) is 0. The van der Waals surface area contributed by atoms with Crippen molar-refractivity contribution in [3.63, 3.8) is 0 Å². The summed E-state index contributed by atoms with van der Waals surface area (Å²) >= 11 is 2.07. The van der Waals surface area contributed by atoms with Crippen LogP contribution in [0.2, 0.25) is 0 Å². The van der Waals surface area contributed by atoms with Crippen LogP contribution in [0.5, 0.6) is 0 Å².